The van der Waals surface area contributed by atoms with Crippen molar-refractivity contribution >= 4 is 56.4 Å². The monoisotopic (exact) mass is 498 g/mol. The van der Waals surface area contributed by atoms with Crippen LogP contribution < -0.4 is 10.9 Å². The molecule has 3 aliphatic rings. The topological polar surface area (TPSA) is 103 Å². The van der Waals surface area contributed by atoms with Crippen LogP contribution in [-0.2, 0) is 27.9 Å². The molecule has 0 amide bonds. The highest BCUT2D eigenvalue weighted by molar-refractivity contribution is 7.19. The van der Waals surface area contributed by atoms with Gasteiger partial charge in [0.15, 0.2) is 5.78 Å². The van der Waals surface area contributed by atoms with Gasteiger partial charge in [-0.3, -0.25) is 19.0 Å². The van der Waals surface area contributed by atoms with E-state index >= 15 is 0 Å². The summed E-state index contributed by atoms with van der Waals surface area (Å²) in [6.07, 6.45) is 6.45. The number of pyridine rings is 1. The fourth-order valence-electron chi connectivity index (χ4n) is 5.63. The number of rotatable bonds is 4. The largest absolute Gasteiger partial charge is 0.466 e. The number of carbonyl (C=O) groups excluding carboxylic acids is 2. The molecule has 10 heteroatoms. The molecule has 8 nitrogen and oxygen atoms in total. The van der Waals surface area contributed by atoms with E-state index in [0.717, 1.165) is 39.9 Å². The summed E-state index contributed by atoms with van der Waals surface area (Å²) in [7, 11) is 0. The minimum absolute atomic E-state index is 0.0687. The van der Waals surface area contributed by atoms with E-state index in [1.165, 1.54) is 12.4 Å². The van der Waals surface area contributed by atoms with E-state index < -0.39 is 5.54 Å². The lowest BCUT2D eigenvalue weighted by Crippen LogP contribution is -2.44. The maximum Gasteiger partial charge on any atom is 0.309 e. The van der Waals surface area contributed by atoms with Crippen LogP contribution in [0.25, 0.3) is 10.2 Å². The Morgan fingerprint density at radius 2 is 2.18 bits per heavy atom. The zero-order valence-electron chi connectivity index (χ0n) is 18.6. The summed E-state index contributed by atoms with van der Waals surface area (Å²) in [6, 6.07) is 1.54. The Balaban J connectivity index is 1.40. The van der Waals surface area contributed by atoms with Crippen LogP contribution in [0.5, 0.6) is 0 Å². The van der Waals surface area contributed by atoms with Crippen molar-refractivity contribution in [1.29, 1.82) is 0 Å². The second kappa shape index (κ2) is 7.88. The van der Waals surface area contributed by atoms with E-state index in [9.17, 15) is 14.4 Å². The van der Waals surface area contributed by atoms with Gasteiger partial charge in [-0.2, -0.15) is 0 Å². The van der Waals surface area contributed by atoms with E-state index in [1.807, 2.05) is 6.92 Å². The smallest absolute Gasteiger partial charge is 0.309 e. The maximum atomic E-state index is 13.5. The molecule has 176 valence electrons. The molecule has 34 heavy (non-hydrogen) atoms. The van der Waals surface area contributed by atoms with Crippen molar-refractivity contribution in [1.82, 2.24) is 14.5 Å². The third-order valence-electron chi connectivity index (χ3n) is 7.39. The van der Waals surface area contributed by atoms with Crippen molar-refractivity contribution in [3.8, 4) is 0 Å². The highest BCUT2D eigenvalue weighted by Crippen LogP contribution is 2.48. The van der Waals surface area contributed by atoms with Crippen molar-refractivity contribution in [3.05, 3.63) is 43.9 Å². The average molecular weight is 499 g/mol. The number of hydrogen-bond donors (Lipinski definition) is 1. The minimum Gasteiger partial charge on any atom is -0.466 e. The molecule has 1 spiro atoms. The number of esters is 1. The summed E-state index contributed by atoms with van der Waals surface area (Å²) < 4.78 is 6.84. The number of thiophene rings is 1. The number of ether oxygens (including phenoxy) is 1. The fourth-order valence-corrected chi connectivity index (χ4v) is 7.19. The van der Waals surface area contributed by atoms with Crippen LogP contribution in [0, 0.1) is 5.92 Å². The lowest BCUT2D eigenvalue weighted by molar-refractivity contribution is -0.148. The Labute approximate surface area is 204 Å². The van der Waals surface area contributed by atoms with Gasteiger partial charge in [-0.05, 0) is 57.1 Å². The second-order valence-electron chi connectivity index (χ2n) is 9.30. The molecule has 2 aliphatic carbocycles. The minimum atomic E-state index is -0.435. The van der Waals surface area contributed by atoms with Crippen LogP contribution >= 0.6 is 22.9 Å². The van der Waals surface area contributed by atoms with E-state index in [2.05, 4.69) is 15.3 Å². The number of aromatic nitrogens is 3. The number of Topliss-reactive ketones (excluding diaryl/α,β-unsaturated/α-hetero) is 1. The number of ketones is 1. The fraction of sp³-hybridized carbons (Fsp3) is 0.458. The normalized spacial score (nSPS) is 20.2. The zero-order chi connectivity index (χ0) is 23.6. The first-order valence-electron chi connectivity index (χ1n) is 11.6. The number of halogens is 1. The molecule has 0 saturated heterocycles. The number of nitrogens with one attached hydrogen (secondary N) is 1. The van der Waals surface area contributed by atoms with Gasteiger partial charge in [-0.25, -0.2) is 9.97 Å². The van der Waals surface area contributed by atoms with Gasteiger partial charge in [0.1, 0.15) is 28.4 Å². The van der Waals surface area contributed by atoms with Crippen LogP contribution in [-0.4, -0.2) is 32.9 Å². The van der Waals surface area contributed by atoms with E-state index in [4.69, 9.17) is 16.3 Å². The summed E-state index contributed by atoms with van der Waals surface area (Å²) in [6.45, 7) is 2.19. The SMILES string of the molecule is CCOC(=O)[C@H]1CCc2c(sc3ncnc(Nc4cc(Cl)c5n(c4=O)C4(CCC4)CC5=O)c23)C1. The highest BCUT2D eigenvalue weighted by atomic mass is 35.5. The quantitative estimate of drug-likeness (QED) is 0.532. The van der Waals surface area contributed by atoms with E-state index in [0.29, 0.717) is 49.5 Å². The molecule has 1 atom stereocenters. The number of aryl methyl sites for hydroxylation is 1. The summed E-state index contributed by atoms with van der Waals surface area (Å²) >= 11 is 8.06. The highest BCUT2D eigenvalue weighted by Gasteiger charge is 2.49. The van der Waals surface area contributed by atoms with Crippen molar-refractivity contribution in [3.63, 3.8) is 0 Å². The molecule has 0 radical (unpaired) electrons. The number of hydrogen-bond acceptors (Lipinski definition) is 8. The third kappa shape index (κ3) is 3.13. The van der Waals surface area contributed by atoms with Crippen LogP contribution in [0.3, 0.4) is 0 Å². The van der Waals surface area contributed by atoms with Gasteiger partial charge in [0.25, 0.3) is 5.56 Å². The Bertz CT molecular complexity index is 1420. The van der Waals surface area contributed by atoms with Crippen molar-refractivity contribution in [2.75, 3.05) is 11.9 Å². The maximum absolute atomic E-state index is 13.5. The Morgan fingerprint density at radius 3 is 2.91 bits per heavy atom. The Hall–Kier alpha value is -2.78. The van der Waals surface area contributed by atoms with E-state index in [1.54, 1.807) is 15.9 Å². The molecular weight excluding hydrogens is 476 g/mol. The first-order valence-corrected chi connectivity index (χ1v) is 12.8. The van der Waals surface area contributed by atoms with Crippen LogP contribution in [0.4, 0.5) is 11.5 Å². The van der Waals surface area contributed by atoms with Gasteiger partial charge < -0.3 is 10.1 Å². The number of anilines is 2. The summed E-state index contributed by atoms with van der Waals surface area (Å²) in [4.78, 5) is 49.2. The molecule has 0 unspecified atom stereocenters. The molecule has 6 rings (SSSR count). The van der Waals surface area contributed by atoms with Gasteiger partial charge in [0, 0.05) is 11.3 Å². The van der Waals surface area contributed by atoms with Crippen molar-refractivity contribution in [2.24, 2.45) is 5.92 Å². The Kier molecular flexibility index (Phi) is 5.04. The summed E-state index contributed by atoms with van der Waals surface area (Å²) in [5, 5.41) is 4.37. The number of carbonyl (C=O) groups is 2. The molecule has 0 aromatic carbocycles. The van der Waals surface area contributed by atoms with Gasteiger partial charge >= 0.3 is 5.97 Å². The molecule has 1 saturated carbocycles. The zero-order valence-corrected chi connectivity index (χ0v) is 20.2. The summed E-state index contributed by atoms with van der Waals surface area (Å²) in [5.41, 5.74) is 1.05. The van der Waals surface area contributed by atoms with Gasteiger partial charge in [-0.15, -0.1) is 11.3 Å². The molecular formula is C24H23ClN4O4S. The molecule has 0 bridgehead atoms. The van der Waals surface area contributed by atoms with Gasteiger partial charge in [-0.1, -0.05) is 11.6 Å². The van der Waals surface area contributed by atoms with Crippen LogP contribution in [0.15, 0.2) is 17.2 Å². The second-order valence-corrected chi connectivity index (χ2v) is 10.8. The van der Waals surface area contributed by atoms with Crippen molar-refractivity contribution < 1.29 is 14.3 Å². The predicted octanol–water partition coefficient (Wildman–Crippen LogP) is 4.38. The Morgan fingerprint density at radius 1 is 1.35 bits per heavy atom. The third-order valence-corrected chi connectivity index (χ3v) is 8.84. The molecule has 1 fully saturated rings. The van der Waals surface area contributed by atoms with Gasteiger partial charge in [0.2, 0.25) is 0 Å². The van der Waals surface area contributed by atoms with E-state index in [-0.39, 0.29) is 28.3 Å². The van der Waals surface area contributed by atoms with Crippen LogP contribution in [0.2, 0.25) is 5.02 Å². The molecule has 3 aromatic heterocycles. The number of fused-ring (bicyclic) bond motifs is 5. The standard InChI is InChI=1S/C24H23ClN4O4S/c1-2-33-23(32)12-4-5-13-17(8-12)34-21-18(13)20(26-11-27-21)28-15-9-14(25)19-16(30)10-24(6-3-7-24)29(19)22(15)31/h9,11-12H,2-8,10H2,1H3,(H,26,27,28)/t12-/m0/s1. The lowest BCUT2D eigenvalue weighted by Gasteiger charge is -2.39. The molecule has 4 heterocycles. The molecule has 1 aliphatic heterocycles. The first-order chi connectivity index (χ1) is 16.4. The predicted molar refractivity (Wildman–Crippen MR) is 129 cm³/mol. The lowest BCUT2D eigenvalue weighted by atomic mass is 9.75. The van der Waals surface area contributed by atoms with Crippen LogP contribution in [0.1, 0.15) is 60.0 Å². The first kappa shape index (κ1) is 21.7. The molecule has 3 aromatic rings. The average Bonchev–Trinajstić information content (AvgIpc) is 3.33. The number of nitrogens with zero attached hydrogens (tertiary/aromatic N) is 3. The van der Waals surface area contributed by atoms with Crippen molar-refractivity contribution in [2.45, 2.75) is 57.4 Å². The van der Waals surface area contributed by atoms with Gasteiger partial charge in [0.05, 0.1) is 28.5 Å². The molecule has 1 N–H and O–H groups in total. The summed E-state index contributed by atoms with van der Waals surface area (Å²) in [5.74, 6) is 0.162.